The van der Waals surface area contributed by atoms with Gasteiger partial charge in [0.2, 0.25) is 5.91 Å². The molecule has 1 heterocycles. The van der Waals surface area contributed by atoms with Crippen molar-refractivity contribution in [2.24, 2.45) is 0 Å². The first-order chi connectivity index (χ1) is 9.46. The first-order valence-corrected chi connectivity index (χ1v) is 6.60. The first kappa shape index (κ1) is 14.8. The van der Waals surface area contributed by atoms with E-state index in [4.69, 9.17) is 0 Å². The summed E-state index contributed by atoms with van der Waals surface area (Å²) in [6.07, 6.45) is -4.54. The highest BCUT2D eigenvalue weighted by Crippen LogP contribution is 2.20. The minimum absolute atomic E-state index is 0.0537. The maximum absolute atomic E-state index is 12.0. The molecule has 3 nitrogen and oxygen atoms in total. The quantitative estimate of drug-likeness (QED) is 0.833. The molecule has 0 aliphatic carbocycles. The Morgan fingerprint density at radius 1 is 1.30 bits per heavy atom. The van der Waals surface area contributed by atoms with E-state index >= 15 is 0 Å². The van der Waals surface area contributed by atoms with Gasteiger partial charge in [0, 0.05) is 19.5 Å². The number of benzene rings is 1. The molecule has 0 unspecified atom stereocenters. The van der Waals surface area contributed by atoms with Crippen molar-refractivity contribution in [1.82, 2.24) is 10.6 Å². The van der Waals surface area contributed by atoms with Gasteiger partial charge >= 0.3 is 6.18 Å². The number of carbonyl (C=O) groups is 1. The molecule has 0 fully saturated rings. The van der Waals surface area contributed by atoms with E-state index in [2.05, 4.69) is 10.6 Å². The lowest BCUT2D eigenvalue weighted by atomic mass is 9.95. The summed E-state index contributed by atoms with van der Waals surface area (Å²) in [5, 5.41) is 5.65. The molecule has 0 radical (unpaired) electrons. The van der Waals surface area contributed by atoms with Gasteiger partial charge in [-0.05, 0) is 24.0 Å². The summed E-state index contributed by atoms with van der Waals surface area (Å²) in [5.41, 5.74) is 2.27. The van der Waals surface area contributed by atoms with Crippen molar-refractivity contribution in [3.8, 4) is 0 Å². The van der Waals surface area contributed by atoms with Gasteiger partial charge in [0.15, 0.2) is 0 Å². The summed E-state index contributed by atoms with van der Waals surface area (Å²) in [5.74, 6) is -0.235. The third-order valence-corrected chi connectivity index (χ3v) is 3.33. The van der Waals surface area contributed by atoms with Crippen LogP contribution in [-0.4, -0.2) is 24.7 Å². The second kappa shape index (κ2) is 6.26. The topological polar surface area (TPSA) is 41.1 Å². The van der Waals surface area contributed by atoms with Crippen molar-refractivity contribution in [1.29, 1.82) is 0 Å². The lowest BCUT2D eigenvalue weighted by Crippen LogP contribution is -2.47. The van der Waals surface area contributed by atoms with Crippen molar-refractivity contribution in [2.45, 2.75) is 38.0 Å². The van der Waals surface area contributed by atoms with Crippen LogP contribution in [0, 0.1) is 0 Å². The highest BCUT2D eigenvalue weighted by Gasteiger charge is 2.27. The second-order valence-electron chi connectivity index (χ2n) is 4.92. The number of halogens is 3. The monoisotopic (exact) mass is 286 g/mol. The third kappa shape index (κ3) is 4.23. The van der Waals surface area contributed by atoms with Crippen molar-refractivity contribution >= 4 is 5.91 Å². The predicted molar refractivity (Wildman–Crippen MR) is 69.1 cm³/mol. The highest BCUT2D eigenvalue weighted by molar-refractivity contribution is 5.82. The minimum Gasteiger partial charge on any atom is -0.355 e. The second-order valence-corrected chi connectivity index (χ2v) is 4.92. The SMILES string of the molecule is O=C(NCCCC(F)(F)F)[C@@H]1Cc2ccccc2CN1. The van der Waals surface area contributed by atoms with Crippen LogP contribution in [0.2, 0.25) is 0 Å². The molecule has 0 saturated carbocycles. The van der Waals surface area contributed by atoms with Crippen molar-refractivity contribution in [3.63, 3.8) is 0 Å². The van der Waals surface area contributed by atoms with E-state index < -0.39 is 12.6 Å². The van der Waals surface area contributed by atoms with Gasteiger partial charge in [0.25, 0.3) is 0 Å². The van der Waals surface area contributed by atoms with E-state index in [0.717, 1.165) is 11.1 Å². The fourth-order valence-corrected chi connectivity index (χ4v) is 2.26. The predicted octanol–water partition coefficient (Wildman–Crippen LogP) is 2.16. The van der Waals surface area contributed by atoms with E-state index in [-0.39, 0.29) is 24.9 Å². The molecule has 0 aromatic heterocycles. The summed E-state index contributed by atoms with van der Waals surface area (Å²) in [7, 11) is 0. The lowest BCUT2D eigenvalue weighted by Gasteiger charge is -2.25. The standard InChI is InChI=1S/C14H17F3N2O/c15-14(16,17)6-3-7-18-13(20)12-8-10-4-1-2-5-11(10)9-19-12/h1-2,4-5,12,19H,3,6-9H2,(H,18,20)/t12-/m0/s1. The molecular formula is C14H17F3N2O. The number of fused-ring (bicyclic) bond motifs is 1. The maximum Gasteiger partial charge on any atom is 0.389 e. The van der Waals surface area contributed by atoms with Crippen LogP contribution in [0.3, 0.4) is 0 Å². The van der Waals surface area contributed by atoms with Crippen molar-refractivity contribution in [2.75, 3.05) is 6.54 Å². The zero-order valence-electron chi connectivity index (χ0n) is 11.0. The van der Waals surface area contributed by atoms with Gasteiger partial charge in [-0.1, -0.05) is 24.3 Å². The van der Waals surface area contributed by atoms with Crippen LogP contribution >= 0.6 is 0 Å². The van der Waals surface area contributed by atoms with E-state index in [9.17, 15) is 18.0 Å². The summed E-state index contributed by atoms with van der Waals surface area (Å²) in [6.45, 7) is 0.662. The molecule has 2 N–H and O–H groups in total. The molecule has 1 amide bonds. The number of nitrogens with one attached hydrogen (secondary N) is 2. The Kier molecular flexibility index (Phi) is 4.65. The molecule has 20 heavy (non-hydrogen) atoms. The first-order valence-electron chi connectivity index (χ1n) is 6.60. The van der Waals surface area contributed by atoms with Crippen LogP contribution in [0.5, 0.6) is 0 Å². The molecule has 0 saturated heterocycles. The van der Waals surface area contributed by atoms with Gasteiger partial charge in [-0.2, -0.15) is 13.2 Å². The zero-order chi connectivity index (χ0) is 14.6. The molecule has 1 aromatic carbocycles. The van der Waals surface area contributed by atoms with Crippen LogP contribution in [0.15, 0.2) is 24.3 Å². The molecule has 110 valence electrons. The molecule has 0 spiro atoms. The molecule has 6 heteroatoms. The van der Waals surface area contributed by atoms with Gasteiger partial charge < -0.3 is 10.6 Å². The van der Waals surface area contributed by atoms with Gasteiger partial charge in [0.1, 0.15) is 0 Å². The third-order valence-electron chi connectivity index (χ3n) is 3.33. The van der Waals surface area contributed by atoms with Crippen LogP contribution in [0.4, 0.5) is 13.2 Å². The summed E-state index contributed by atoms with van der Waals surface area (Å²) in [6, 6.07) is 7.47. The normalized spacial score (nSPS) is 18.4. The van der Waals surface area contributed by atoms with Crippen LogP contribution in [0.1, 0.15) is 24.0 Å². The molecule has 1 aliphatic heterocycles. The minimum atomic E-state index is -4.16. The smallest absolute Gasteiger partial charge is 0.355 e. The van der Waals surface area contributed by atoms with Crippen molar-refractivity contribution < 1.29 is 18.0 Å². The summed E-state index contributed by atoms with van der Waals surface area (Å²) < 4.78 is 35.9. The average molecular weight is 286 g/mol. The van der Waals surface area contributed by atoms with Gasteiger partial charge in [-0.3, -0.25) is 4.79 Å². The van der Waals surface area contributed by atoms with Gasteiger partial charge in [-0.25, -0.2) is 0 Å². The molecule has 0 bridgehead atoms. The molecular weight excluding hydrogens is 269 g/mol. The Bertz CT molecular complexity index is 474. The Morgan fingerprint density at radius 2 is 2.00 bits per heavy atom. The average Bonchev–Trinajstić information content (AvgIpc) is 2.42. The number of carbonyl (C=O) groups excluding carboxylic acids is 1. The molecule has 1 atom stereocenters. The van der Waals surface area contributed by atoms with Gasteiger partial charge in [-0.15, -0.1) is 0 Å². The fourth-order valence-electron chi connectivity index (χ4n) is 2.26. The van der Waals surface area contributed by atoms with Crippen LogP contribution in [0.25, 0.3) is 0 Å². The van der Waals surface area contributed by atoms with Crippen LogP contribution in [-0.2, 0) is 17.8 Å². The summed E-state index contributed by atoms with van der Waals surface area (Å²) in [4.78, 5) is 11.9. The highest BCUT2D eigenvalue weighted by atomic mass is 19.4. The Balaban J connectivity index is 1.77. The summed E-state index contributed by atoms with van der Waals surface area (Å²) >= 11 is 0. The largest absolute Gasteiger partial charge is 0.389 e. The lowest BCUT2D eigenvalue weighted by molar-refractivity contribution is -0.136. The van der Waals surface area contributed by atoms with E-state index in [1.165, 1.54) is 0 Å². The number of hydrogen-bond acceptors (Lipinski definition) is 2. The Labute approximate surface area is 115 Å². The van der Waals surface area contributed by atoms with Gasteiger partial charge in [0.05, 0.1) is 6.04 Å². The van der Waals surface area contributed by atoms with Crippen molar-refractivity contribution in [3.05, 3.63) is 35.4 Å². The zero-order valence-corrected chi connectivity index (χ0v) is 11.0. The Morgan fingerprint density at radius 3 is 2.70 bits per heavy atom. The van der Waals surface area contributed by atoms with E-state index in [1.54, 1.807) is 0 Å². The van der Waals surface area contributed by atoms with E-state index in [1.807, 2.05) is 24.3 Å². The number of alkyl halides is 3. The molecule has 2 rings (SSSR count). The van der Waals surface area contributed by atoms with E-state index in [0.29, 0.717) is 13.0 Å². The fraction of sp³-hybridized carbons (Fsp3) is 0.500. The van der Waals surface area contributed by atoms with Crippen LogP contribution < -0.4 is 10.6 Å². The molecule has 1 aromatic rings. The molecule has 1 aliphatic rings. The number of hydrogen-bond donors (Lipinski definition) is 2. The number of amides is 1. The maximum atomic E-state index is 12.0. The Hall–Kier alpha value is -1.56. The number of rotatable bonds is 4.